The number of likely N-dealkylation sites (tertiary alicyclic amines) is 1. The molecule has 1 aromatic carbocycles. The van der Waals surface area contributed by atoms with E-state index in [9.17, 15) is 9.59 Å². The molecule has 0 radical (unpaired) electrons. The predicted molar refractivity (Wildman–Crippen MR) is 116 cm³/mol. The predicted octanol–water partition coefficient (Wildman–Crippen LogP) is 2.14. The second-order valence-electron chi connectivity index (χ2n) is 7.92. The lowest BCUT2D eigenvalue weighted by atomic mass is 10.1. The van der Waals surface area contributed by atoms with Crippen LogP contribution in [0.1, 0.15) is 44.6 Å². The van der Waals surface area contributed by atoms with Gasteiger partial charge in [-0.2, -0.15) is 0 Å². The number of nitrogens with zero attached hydrogens (tertiary/aromatic N) is 2. The highest BCUT2D eigenvalue weighted by Gasteiger charge is 2.32. The minimum Gasteiger partial charge on any atom is -0.352 e. The molecule has 2 aliphatic rings. The Morgan fingerprint density at radius 3 is 2.72 bits per heavy atom. The Labute approximate surface area is 173 Å². The number of benzene rings is 1. The quantitative estimate of drug-likeness (QED) is 0.505. The number of rotatable bonds is 6. The molecule has 1 heterocycles. The van der Waals surface area contributed by atoms with Crippen LogP contribution < -0.4 is 16.0 Å². The van der Waals surface area contributed by atoms with Crippen molar-refractivity contribution in [2.45, 2.75) is 51.5 Å². The number of nitrogens with one attached hydrogen (secondary N) is 3. The largest absolute Gasteiger partial charge is 0.352 e. The lowest BCUT2D eigenvalue weighted by Gasteiger charge is -2.21. The highest BCUT2D eigenvalue weighted by molar-refractivity contribution is 5.95. The van der Waals surface area contributed by atoms with Gasteiger partial charge < -0.3 is 20.9 Å². The van der Waals surface area contributed by atoms with Gasteiger partial charge in [-0.3, -0.25) is 14.6 Å². The molecule has 158 valence electrons. The van der Waals surface area contributed by atoms with E-state index in [2.05, 4.69) is 27.9 Å². The van der Waals surface area contributed by atoms with E-state index in [1.807, 2.05) is 29.2 Å². The van der Waals surface area contributed by atoms with Gasteiger partial charge in [-0.25, -0.2) is 0 Å². The normalized spacial score (nSPS) is 20.0. The van der Waals surface area contributed by atoms with Crippen LogP contribution in [0.2, 0.25) is 0 Å². The van der Waals surface area contributed by atoms with Crippen molar-refractivity contribution in [3.8, 4) is 0 Å². The SMILES string of the molecule is CCc1cccc(NC(=O)CNC(=NC)NC2CCN(C(=O)C3CCCC3)C2)c1. The van der Waals surface area contributed by atoms with Crippen molar-refractivity contribution < 1.29 is 9.59 Å². The Morgan fingerprint density at radius 2 is 2.00 bits per heavy atom. The Bertz CT molecular complexity index is 742. The number of carbonyl (C=O) groups is 2. The summed E-state index contributed by atoms with van der Waals surface area (Å²) in [6.45, 7) is 3.71. The van der Waals surface area contributed by atoms with Crippen LogP contribution in [0.4, 0.5) is 5.69 Å². The average molecular weight is 400 g/mol. The second-order valence-corrected chi connectivity index (χ2v) is 7.92. The molecule has 7 heteroatoms. The molecule has 3 rings (SSSR count). The summed E-state index contributed by atoms with van der Waals surface area (Å²) in [5.41, 5.74) is 1.99. The van der Waals surface area contributed by atoms with Crippen LogP contribution in [-0.2, 0) is 16.0 Å². The zero-order valence-electron chi connectivity index (χ0n) is 17.5. The molecule has 2 fully saturated rings. The molecule has 0 aromatic heterocycles. The molecule has 0 spiro atoms. The molecule has 1 aliphatic heterocycles. The number of amides is 2. The Kier molecular flexibility index (Phi) is 7.49. The molecular weight excluding hydrogens is 366 g/mol. The van der Waals surface area contributed by atoms with Gasteiger partial charge in [-0.15, -0.1) is 0 Å². The van der Waals surface area contributed by atoms with Crippen LogP contribution in [0.25, 0.3) is 0 Å². The van der Waals surface area contributed by atoms with Crippen LogP contribution in [-0.4, -0.2) is 55.4 Å². The summed E-state index contributed by atoms with van der Waals surface area (Å²) in [5, 5.41) is 9.32. The van der Waals surface area contributed by atoms with Gasteiger partial charge in [-0.1, -0.05) is 31.9 Å². The first kappa shape index (κ1) is 21.1. The van der Waals surface area contributed by atoms with E-state index < -0.39 is 0 Å². The molecule has 2 amide bonds. The van der Waals surface area contributed by atoms with Crippen molar-refractivity contribution >= 4 is 23.5 Å². The van der Waals surface area contributed by atoms with Gasteiger partial charge >= 0.3 is 0 Å². The van der Waals surface area contributed by atoms with Crippen LogP contribution in [0.15, 0.2) is 29.3 Å². The molecule has 1 atom stereocenters. The van der Waals surface area contributed by atoms with Crippen molar-refractivity contribution in [1.82, 2.24) is 15.5 Å². The number of hydrogen-bond acceptors (Lipinski definition) is 3. The summed E-state index contributed by atoms with van der Waals surface area (Å²) in [5.74, 6) is 0.998. The second kappa shape index (κ2) is 10.3. The Morgan fingerprint density at radius 1 is 1.21 bits per heavy atom. The first-order valence-electron chi connectivity index (χ1n) is 10.7. The topological polar surface area (TPSA) is 85.8 Å². The van der Waals surface area contributed by atoms with E-state index >= 15 is 0 Å². The molecule has 7 nitrogen and oxygen atoms in total. The Hall–Kier alpha value is -2.57. The fourth-order valence-corrected chi connectivity index (χ4v) is 4.14. The molecule has 1 aliphatic carbocycles. The lowest BCUT2D eigenvalue weighted by molar-refractivity contribution is -0.134. The van der Waals surface area contributed by atoms with Crippen LogP contribution in [0, 0.1) is 5.92 Å². The van der Waals surface area contributed by atoms with Gasteiger partial charge in [0.25, 0.3) is 0 Å². The summed E-state index contributed by atoms with van der Waals surface area (Å²) >= 11 is 0. The number of guanidine groups is 1. The number of hydrogen-bond donors (Lipinski definition) is 3. The van der Waals surface area contributed by atoms with Crippen molar-refractivity contribution in [3.63, 3.8) is 0 Å². The van der Waals surface area contributed by atoms with Crippen molar-refractivity contribution in [3.05, 3.63) is 29.8 Å². The average Bonchev–Trinajstić information content (AvgIpc) is 3.43. The maximum Gasteiger partial charge on any atom is 0.243 e. The molecule has 1 saturated carbocycles. The van der Waals surface area contributed by atoms with Crippen LogP contribution in [0.3, 0.4) is 0 Å². The summed E-state index contributed by atoms with van der Waals surface area (Å²) in [7, 11) is 1.69. The van der Waals surface area contributed by atoms with Gasteiger partial charge in [0.1, 0.15) is 0 Å². The molecule has 29 heavy (non-hydrogen) atoms. The highest BCUT2D eigenvalue weighted by Crippen LogP contribution is 2.27. The minimum atomic E-state index is -0.120. The van der Waals surface area contributed by atoms with E-state index in [1.54, 1.807) is 7.05 Å². The first-order valence-corrected chi connectivity index (χ1v) is 10.7. The molecule has 1 saturated heterocycles. The zero-order chi connectivity index (χ0) is 20.6. The molecule has 1 aromatic rings. The van der Waals surface area contributed by atoms with Crippen LogP contribution in [0.5, 0.6) is 0 Å². The van der Waals surface area contributed by atoms with Gasteiger partial charge in [0.2, 0.25) is 11.8 Å². The summed E-state index contributed by atoms with van der Waals surface area (Å²) < 4.78 is 0. The third-order valence-corrected chi connectivity index (χ3v) is 5.80. The molecular formula is C22H33N5O2. The number of aliphatic imine (C=N–C) groups is 1. The van der Waals surface area contributed by atoms with Crippen LogP contribution >= 0.6 is 0 Å². The standard InChI is InChI=1S/C22H33N5O2/c1-3-16-7-6-10-18(13-16)25-20(28)14-24-22(23-2)26-19-11-12-27(15-19)21(29)17-8-4-5-9-17/h6-7,10,13,17,19H,3-5,8-9,11-12,14-15H2,1-2H3,(H,25,28)(H2,23,24,26). The molecule has 3 N–H and O–H groups in total. The summed E-state index contributed by atoms with van der Waals surface area (Å²) in [4.78, 5) is 31.0. The zero-order valence-corrected chi connectivity index (χ0v) is 17.5. The van der Waals surface area contributed by atoms with E-state index in [4.69, 9.17) is 0 Å². The number of carbonyl (C=O) groups excluding carboxylic acids is 2. The van der Waals surface area contributed by atoms with Gasteiger partial charge in [0, 0.05) is 37.8 Å². The lowest BCUT2D eigenvalue weighted by Crippen LogP contribution is -2.47. The van der Waals surface area contributed by atoms with Crippen molar-refractivity contribution in [1.29, 1.82) is 0 Å². The summed E-state index contributed by atoms with van der Waals surface area (Å²) in [6.07, 6.45) is 6.25. The Balaban J connectivity index is 1.42. The van der Waals surface area contributed by atoms with Gasteiger partial charge in [0.05, 0.1) is 6.54 Å². The maximum absolute atomic E-state index is 12.6. The van der Waals surface area contributed by atoms with E-state index in [0.29, 0.717) is 18.4 Å². The van der Waals surface area contributed by atoms with Gasteiger partial charge in [-0.05, 0) is 43.4 Å². The third-order valence-electron chi connectivity index (χ3n) is 5.80. The monoisotopic (exact) mass is 399 g/mol. The number of anilines is 1. The smallest absolute Gasteiger partial charge is 0.243 e. The fraction of sp³-hybridized carbons (Fsp3) is 0.591. The third kappa shape index (κ3) is 5.95. The fourth-order valence-electron chi connectivity index (χ4n) is 4.14. The number of aryl methyl sites for hydroxylation is 1. The van der Waals surface area contributed by atoms with E-state index in [-0.39, 0.29) is 24.4 Å². The minimum absolute atomic E-state index is 0.120. The molecule has 0 bridgehead atoms. The van der Waals surface area contributed by atoms with E-state index in [0.717, 1.165) is 37.9 Å². The maximum atomic E-state index is 12.6. The summed E-state index contributed by atoms with van der Waals surface area (Å²) in [6, 6.07) is 8.03. The van der Waals surface area contributed by atoms with Gasteiger partial charge in [0.15, 0.2) is 5.96 Å². The van der Waals surface area contributed by atoms with Crippen molar-refractivity contribution in [2.75, 3.05) is 32.0 Å². The first-order chi connectivity index (χ1) is 14.1. The van der Waals surface area contributed by atoms with E-state index in [1.165, 1.54) is 18.4 Å². The van der Waals surface area contributed by atoms with Crippen molar-refractivity contribution in [2.24, 2.45) is 10.9 Å². The molecule has 1 unspecified atom stereocenters. The highest BCUT2D eigenvalue weighted by atomic mass is 16.2.